The van der Waals surface area contributed by atoms with Gasteiger partial charge in [-0.25, -0.2) is 8.78 Å². The highest BCUT2D eigenvalue weighted by molar-refractivity contribution is 6.31. The Morgan fingerprint density at radius 2 is 1.46 bits per heavy atom. The van der Waals surface area contributed by atoms with Crippen LogP contribution in [0, 0.1) is 5.92 Å². The fraction of sp³-hybridized carbons (Fsp3) is 0.265. The van der Waals surface area contributed by atoms with Gasteiger partial charge < -0.3 is 19.6 Å². The van der Waals surface area contributed by atoms with Gasteiger partial charge in [0.25, 0.3) is 17.5 Å². The largest absolute Gasteiger partial charge is 0.492 e. The van der Waals surface area contributed by atoms with Gasteiger partial charge in [-0.3, -0.25) is 24.4 Å². The van der Waals surface area contributed by atoms with Crippen molar-refractivity contribution < 1.29 is 18.3 Å². The standard InChI is InChI=1S/C20H23F2N3O2.C14H9ClN2O2/c1-11(2)8-12(23)10-27-13-4-5-14-15-6-7-24-18(19(21)22)17(15)20(26)25(3)16(14)9-13;1-17-12-6-8(15)2-3-9(12)10-4-5-16-11(7-18)13(10)14(17)19/h4-7,9,11-12,19H,8,10,23H2,1-3H3;2-7H,1H3/t12-;/m0./s1. The molecule has 2 aromatic carbocycles. The third kappa shape index (κ3) is 6.20. The lowest BCUT2D eigenvalue weighted by molar-refractivity contribution is 0.112. The van der Waals surface area contributed by atoms with Gasteiger partial charge in [-0.1, -0.05) is 31.5 Å². The van der Waals surface area contributed by atoms with E-state index in [2.05, 4.69) is 23.8 Å². The van der Waals surface area contributed by atoms with Crippen molar-refractivity contribution in [2.45, 2.75) is 32.7 Å². The maximum atomic E-state index is 13.3. The number of nitrogens with two attached hydrogens (primary N) is 1. The number of aromatic nitrogens is 4. The molecule has 46 heavy (non-hydrogen) atoms. The molecule has 0 aliphatic rings. The Bertz CT molecular complexity index is 2230. The predicted octanol–water partition coefficient (Wildman–Crippen LogP) is 6.33. The van der Waals surface area contributed by atoms with E-state index in [9.17, 15) is 23.2 Å². The number of ether oxygens (including phenoxy) is 1. The molecule has 0 amide bonds. The average Bonchev–Trinajstić information content (AvgIpc) is 3.04. The molecule has 0 radical (unpaired) electrons. The summed E-state index contributed by atoms with van der Waals surface area (Å²) in [4.78, 5) is 43.7. The lowest BCUT2D eigenvalue weighted by atomic mass is 10.0. The highest BCUT2D eigenvalue weighted by Crippen LogP contribution is 2.30. The highest BCUT2D eigenvalue weighted by atomic mass is 35.5. The van der Waals surface area contributed by atoms with Crippen LogP contribution in [-0.4, -0.2) is 38.0 Å². The summed E-state index contributed by atoms with van der Waals surface area (Å²) in [6.45, 7) is 4.56. The molecule has 0 aliphatic heterocycles. The van der Waals surface area contributed by atoms with Crippen molar-refractivity contribution in [2.75, 3.05) is 6.61 Å². The van der Waals surface area contributed by atoms with Gasteiger partial charge in [0.2, 0.25) is 0 Å². The van der Waals surface area contributed by atoms with Gasteiger partial charge in [0, 0.05) is 65.2 Å². The highest BCUT2D eigenvalue weighted by Gasteiger charge is 2.19. The normalized spacial score (nSPS) is 12.2. The fourth-order valence-corrected chi connectivity index (χ4v) is 5.82. The monoisotopic (exact) mass is 647 g/mol. The quantitative estimate of drug-likeness (QED) is 0.159. The van der Waals surface area contributed by atoms with Crippen molar-refractivity contribution in [3.63, 3.8) is 0 Å². The maximum absolute atomic E-state index is 13.3. The van der Waals surface area contributed by atoms with E-state index in [0.29, 0.717) is 56.6 Å². The Kier molecular flexibility index (Phi) is 9.45. The molecular weight excluding hydrogens is 616 g/mol. The minimum Gasteiger partial charge on any atom is -0.492 e. The number of hydrogen-bond donors (Lipinski definition) is 1. The SMILES string of the molecule is CC(C)C[C@H](N)COc1ccc2c3ccnc(C(F)F)c3c(=O)n(C)c2c1.Cn1c(=O)c2c(C=O)nccc2c2ccc(Cl)cc21. The van der Waals surface area contributed by atoms with Crippen LogP contribution in [-0.2, 0) is 14.1 Å². The predicted molar refractivity (Wildman–Crippen MR) is 177 cm³/mol. The number of fused-ring (bicyclic) bond motifs is 6. The van der Waals surface area contributed by atoms with Crippen molar-refractivity contribution >= 4 is 61.2 Å². The Morgan fingerprint density at radius 3 is 2.09 bits per heavy atom. The van der Waals surface area contributed by atoms with Gasteiger partial charge in [-0.2, -0.15) is 0 Å². The number of nitrogens with zero attached hydrogens (tertiary/aromatic N) is 4. The third-order valence-corrected chi connectivity index (χ3v) is 8.02. The smallest absolute Gasteiger partial charge is 0.281 e. The summed E-state index contributed by atoms with van der Waals surface area (Å²) in [7, 11) is 3.21. The minimum atomic E-state index is -2.82. The van der Waals surface area contributed by atoms with Crippen molar-refractivity contribution in [3.05, 3.63) is 98.0 Å². The van der Waals surface area contributed by atoms with E-state index in [0.717, 1.165) is 17.3 Å². The first-order valence-electron chi connectivity index (χ1n) is 14.5. The Balaban J connectivity index is 0.000000192. The molecule has 6 rings (SSSR count). The number of aryl methyl sites for hydroxylation is 2. The van der Waals surface area contributed by atoms with Crippen molar-refractivity contribution in [1.29, 1.82) is 0 Å². The van der Waals surface area contributed by atoms with Crippen LogP contribution in [0.3, 0.4) is 0 Å². The second-order valence-electron chi connectivity index (χ2n) is 11.4. The molecule has 0 bridgehead atoms. The molecule has 0 saturated heterocycles. The van der Waals surface area contributed by atoms with E-state index >= 15 is 0 Å². The first-order chi connectivity index (χ1) is 21.9. The summed E-state index contributed by atoms with van der Waals surface area (Å²) < 4.78 is 35.2. The lowest BCUT2D eigenvalue weighted by Crippen LogP contribution is -2.29. The number of benzene rings is 2. The van der Waals surface area contributed by atoms with Crippen LogP contribution in [0.1, 0.15) is 42.9 Å². The zero-order valence-electron chi connectivity index (χ0n) is 25.6. The van der Waals surface area contributed by atoms with E-state index in [1.807, 2.05) is 6.07 Å². The van der Waals surface area contributed by atoms with Crippen LogP contribution in [0.5, 0.6) is 5.75 Å². The molecule has 12 heteroatoms. The van der Waals surface area contributed by atoms with Crippen LogP contribution in [0.4, 0.5) is 8.78 Å². The van der Waals surface area contributed by atoms with Crippen LogP contribution in [0.25, 0.3) is 43.4 Å². The van der Waals surface area contributed by atoms with E-state index in [4.69, 9.17) is 22.1 Å². The molecule has 0 fully saturated rings. The Hall–Kier alpha value is -4.74. The number of carbonyl (C=O) groups is 1. The average molecular weight is 648 g/mol. The van der Waals surface area contributed by atoms with E-state index in [1.54, 1.807) is 56.6 Å². The summed E-state index contributed by atoms with van der Waals surface area (Å²) >= 11 is 5.97. The second-order valence-corrected chi connectivity index (χ2v) is 11.9. The van der Waals surface area contributed by atoms with Gasteiger partial charge in [-0.15, -0.1) is 0 Å². The van der Waals surface area contributed by atoms with E-state index in [-0.39, 0.29) is 22.7 Å². The summed E-state index contributed by atoms with van der Waals surface area (Å²) in [5.41, 5.74) is 6.30. The first kappa shape index (κ1) is 32.6. The van der Waals surface area contributed by atoms with Gasteiger partial charge >= 0.3 is 0 Å². The number of hydrogen-bond acceptors (Lipinski definition) is 7. The fourth-order valence-electron chi connectivity index (χ4n) is 5.66. The van der Waals surface area contributed by atoms with Gasteiger partial charge in [0.15, 0.2) is 6.29 Å². The number of pyridine rings is 4. The molecule has 4 heterocycles. The lowest BCUT2D eigenvalue weighted by Gasteiger charge is -2.16. The molecule has 4 aromatic heterocycles. The Labute approximate surface area is 267 Å². The number of carbonyl (C=O) groups excluding carboxylic acids is 1. The number of halogens is 3. The molecule has 0 aliphatic carbocycles. The molecular formula is C34H32ClF2N5O4. The van der Waals surface area contributed by atoms with Gasteiger partial charge in [0.1, 0.15) is 23.7 Å². The number of rotatable bonds is 7. The number of alkyl halides is 2. The topological polar surface area (TPSA) is 122 Å². The van der Waals surface area contributed by atoms with Gasteiger partial charge in [-0.05, 0) is 48.7 Å². The molecule has 0 spiro atoms. The molecule has 0 saturated carbocycles. The second kappa shape index (κ2) is 13.3. The summed E-state index contributed by atoms with van der Waals surface area (Å²) in [6.07, 6.45) is 1.47. The molecule has 1 atom stereocenters. The summed E-state index contributed by atoms with van der Waals surface area (Å²) in [5.74, 6) is 1.06. The zero-order valence-corrected chi connectivity index (χ0v) is 26.4. The zero-order chi connectivity index (χ0) is 33.3. The van der Waals surface area contributed by atoms with E-state index < -0.39 is 17.7 Å². The number of aldehydes is 1. The first-order valence-corrected chi connectivity index (χ1v) is 14.9. The van der Waals surface area contributed by atoms with Crippen LogP contribution in [0.15, 0.2) is 70.5 Å². The molecule has 0 unspecified atom stereocenters. The van der Waals surface area contributed by atoms with Crippen molar-refractivity contribution in [3.8, 4) is 5.75 Å². The van der Waals surface area contributed by atoms with E-state index in [1.165, 1.54) is 21.5 Å². The van der Waals surface area contributed by atoms with Crippen molar-refractivity contribution in [2.24, 2.45) is 25.7 Å². The summed E-state index contributed by atoms with van der Waals surface area (Å²) in [5, 5.41) is 3.59. The summed E-state index contributed by atoms with van der Waals surface area (Å²) in [6, 6.07) is 13.8. The molecule has 6 aromatic rings. The third-order valence-electron chi connectivity index (χ3n) is 7.79. The van der Waals surface area contributed by atoms with Crippen LogP contribution >= 0.6 is 11.6 Å². The Morgan fingerprint density at radius 1 is 0.870 bits per heavy atom. The maximum Gasteiger partial charge on any atom is 0.281 e. The van der Waals surface area contributed by atoms with Crippen LogP contribution in [0.2, 0.25) is 5.02 Å². The molecule has 9 nitrogen and oxygen atoms in total. The molecule has 2 N–H and O–H groups in total. The van der Waals surface area contributed by atoms with Crippen molar-refractivity contribution in [1.82, 2.24) is 19.1 Å². The van der Waals surface area contributed by atoms with Crippen LogP contribution < -0.4 is 21.6 Å². The van der Waals surface area contributed by atoms with Gasteiger partial charge in [0.05, 0.1) is 21.8 Å². The minimum absolute atomic E-state index is 0.0462. The molecule has 238 valence electrons.